The third kappa shape index (κ3) is 3.00. The lowest BCUT2D eigenvalue weighted by Crippen LogP contribution is -2.46. The van der Waals surface area contributed by atoms with Crippen LogP contribution in [0.5, 0.6) is 0 Å². The zero-order valence-corrected chi connectivity index (χ0v) is 17.1. The molecule has 1 aliphatic rings. The zero-order chi connectivity index (χ0) is 20.6. The maximum atomic E-state index is 13.1. The summed E-state index contributed by atoms with van der Waals surface area (Å²) in [6.45, 7) is 4.08. The number of amides is 1. The molecule has 0 bridgehead atoms. The summed E-state index contributed by atoms with van der Waals surface area (Å²) in [5.41, 5.74) is 3.75. The van der Waals surface area contributed by atoms with Crippen molar-refractivity contribution in [3.05, 3.63) is 90.1 Å². The van der Waals surface area contributed by atoms with E-state index in [1.54, 1.807) is 10.9 Å². The topological polar surface area (TPSA) is 55.4 Å². The molecule has 5 rings (SSSR count). The van der Waals surface area contributed by atoms with Gasteiger partial charge < -0.3 is 9.30 Å². The van der Waals surface area contributed by atoms with Crippen molar-refractivity contribution in [2.75, 3.05) is 13.1 Å². The lowest BCUT2D eigenvalue weighted by Gasteiger charge is -2.41. The fourth-order valence-electron chi connectivity index (χ4n) is 4.63. The summed E-state index contributed by atoms with van der Waals surface area (Å²) in [5.74, 6) is 0.0611. The molecule has 30 heavy (non-hydrogen) atoms. The lowest BCUT2D eigenvalue weighted by molar-refractivity contribution is 0.0671. The first kappa shape index (κ1) is 18.6. The van der Waals surface area contributed by atoms with Gasteiger partial charge in [-0.2, -0.15) is 5.10 Å². The average Bonchev–Trinajstić information content (AvgIpc) is 3.46. The number of aryl methyl sites for hydroxylation is 1. The van der Waals surface area contributed by atoms with Gasteiger partial charge in [-0.3, -0.25) is 9.48 Å². The Labute approximate surface area is 175 Å². The summed E-state index contributed by atoms with van der Waals surface area (Å²) in [5, 5.41) is 4.26. The Morgan fingerprint density at radius 2 is 1.80 bits per heavy atom. The molecule has 3 aromatic heterocycles. The van der Waals surface area contributed by atoms with E-state index in [4.69, 9.17) is 4.98 Å². The van der Waals surface area contributed by atoms with Crippen molar-refractivity contribution in [2.24, 2.45) is 0 Å². The number of hydrogen-bond acceptors (Lipinski definition) is 3. The Morgan fingerprint density at radius 3 is 2.53 bits per heavy atom. The van der Waals surface area contributed by atoms with Gasteiger partial charge in [-0.05, 0) is 43.5 Å². The second-order valence-electron chi connectivity index (χ2n) is 7.86. The van der Waals surface area contributed by atoms with Crippen LogP contribution in [0.3, 0.4) is 0 Å². The van der Waals surface area contributed by atoms with Crippen LogP contribution < -0.4 is 0 Å². The predicted octanol–water partition coefficient (Wildman–Crippen LogP) is 3.77. The first-order valence-electron chi connectivity index (χ1n) is 10.5. The van der Waals surface area contributed by atoms with E-state index >= 15 is 0 Å². The summed E-state index contributed by atoms with van der Waals surface area (Å²) in [4.78, 5) is 20.0. The van der Waals surface area contributed by atoms with Gasteiger partial charge in [-0.25, -0.2) is 4.98 Å². The number of carbonyl (C=O) groups is 1. The first-order chi connectivity index (χ1) is 14.7. The SMILES string of the molecule is CCn1nccc1C(=O)N1CCC(c2ccccc2)(c2cn3ccccc3n2)CC1. The third-order valence-corrected chi connectivity index (χ3v) is 6.32. The highest BCUT2D eigenvalue weighted by molar-refractivity contribution is 5.92. The van der Waals surface area contributed by atoms with Crippen LogP contribution in [0.4, 0.5) is 0 Å². The van der Waals surface area contributed by atoms with E-state index in [0.29, 0.717) is 25.3 Å². The fourth-order valence-corrected chi connectivity index (χ4v) is 4.63. The highest BCUT2D eigenvalue weighted by atomic mass is 16.2. The number of fused-ring (bicyclic) bond motifs is 1. The van der Waals surface area contributed by atoms with E-state index in [0.717, 1.165) is 24.2 Å². The van der Waals surface area contributed by atoms with E-state index in [1.807, 2.05) is 48.4 Å². The van der Waals surface area contributed by atoms with E-state index in [9.17, 15) is 4.79 Å². The van der Waals surface area contributed by atoms with Crippen molar-refractivity contribution in [1.29, 1.82) is 0 Å². The van der Waals surface area contributed by atoms with Gasteiger partial charge in [0.1, 0.15) is 11.3 Å². The third-order valence-electron chi connectivity index (χ3n) is 6.32. The Balaban J connectivity index is 1.49. The number of rotatable bonds is 4. The van der Waals surface area contributed by atoms with Crippen molar-refractivity contribution in [1.82, 2.24) is 24.1 Å². The van der Waals surface area contributed by atoms with Crippen LogP contribution in [-0.2, 0) is 12.0 Å². The number of imidazole rings is 1. The highest BCUT2D eigenvalue weighted by Crippen LogP contribution is 2.41. The molecule has 1 amide bonds. The Kier molecular flexibility index (Phi) is 4.62. The molecule has 0 N–H and O–H groups in total. The average molecular weight is 399 g/mol. The minimum absolute atomic E-state index is 0.0611. The van der Waals surface area contributed by atoms with Crippen LogP contribution in [0.1, 0.15) is 41.5 Å². The number of aromatic nitrogens is 4. The predicted molar refractivity (Wildman–Crippen MR) is 115 cm³/mol. The van der Waals surface area contributed by atoms with Crippen LogP contribution in [0.2, 0.25) is 0 Å². The van der Waals surface area contributed by atoms with Crippen LogP contribution in [0.15, 0.2) is 73.2 Å². The molecule has 1 aromatic carbocycles. The molecule has 0 atom stereocenters. The minimum Gasteiger partial charge on any atom is -0.337 e. The number of piperidine rings is 1. The molecule has 6 nitrogen and oxygen atoms in total. The van der Waals surface area contributed by atoms with Gasteiger partial charge in [-0.15, -0.1) is 0 Å². The Bertz CT molecular complexity index is 1140. The molecule has 6 heteroatoms. The normalized spacial score (nSPS) is 16.1. The summed E-state index contributed by atoms with van der Waals surface area (Å²) in [7, 11) is 0. The van der Waals surface area contributed by atoms with Crippen LogP contribution in [0, 0.1) is 0 Å². The van der Waals surface area contributed by atoms with Crippen molar-refractivity contribution < 1.29 is 4.79 Å². The monoisotopic (exact) mass is 399 g/mol. The molecule has 0 saturated carbocycles. The largest absolute Gasteiger partial charge is 0.337 e. The van der Waals surface area contributed by atoms with E-state index in [2.05, 4.69) is 40.0 Å². The van der Waals surface area contributed by atoms with Gasteiger partial charge in [-0.1, -0.05) is 36.4 Å². The fraction of sp³-hybridized carbons (Fsp3) is 0.292. The molecule has 152 valence electrons. The quantitative estimate of drug-likeness (QED) is 0.525. The van der Waals surface area contributed by atoms with Gasteiger partial charge in [0.15, 0.2) is 0 Å². The summed E-state index contributed by atoms with van der Waals surface area (Å²) < 4.78 is 3.85. The molecule has 1 fully saturated rings. The zero-order valence-electron chi connectivity index (χ0n) is 17.1. The highest BCUT2D eigenvalue weighted by Gasteiger charge is 2.41. The number of hydrogen-bond donors (Lipinski definition) is 0. The van der Waals surface area contributed by atoms with E-state index < -0.39 is 0 Å². The van der Waals surface area contributed by atoms with Crippen molar-refractivity contribution in [3.8, 4) is 0 Å². The van der Waals surface area contributed by atoms with E-state index in [1.165, 1.54) is 5.56 Å². The molecule has 4 heterocycles. The van der Waals surface area contributed by atoms with Crippen LogP contribution in [0.25, 0.3) is 5.65 Å². The standard InChI is InChI=1S/C24H25N5O/c1-2-29-20(11-14-25-29)23(30)27-16-12-24(13-17-27,19-8-4-3-5-9-19)21-18-28-15-7-6-10-22(28)26-21/h3-11,14-15,18H,2,12-13,16-17H2,1H3. The molecular formula is C24H25N5O. The van der Waals surface area contributed by atoms with E-state index in [-0.39, 0.29) is 11.3 Å². The molecule has 0 unspecified atom stereocenters. The molecule has 0 spiro atoms. The van der Waals surface area contributed by atoms with Crippen LogP contribution in [-0.4, -0.2) is 43.1 Å². The molecule has 0 radical (unpaired) electrons. The molecule has 1 aliphatic heterocycles. The van der Waals surface area contributed by atoms with Crippen LogP contribution >= 0.6 is 0 Å². The molecular weight excluding hydrogens is 374 g/mol. The van der Waals surface area contributed by atoms with Crippen molar-refractivity contribution >= 4 is 11.6 Å². The van der Waals surface area contributed by atoms with Gasteiger partial charge in [0, 0.05) is 43.6 Å². The summed E-state index contributed by atoms with van der Waals surface area (Å²) in [6.07, 6.45) is 7.56. The molecule has 0 aliphatic carbocycles. The first-order valence-corrected chi connectivity index (χ1v) is 10.5. The summed E-state index contributed by atoms with van der Waals surface area (Å²) in [6, 6.07) is 18.5. The number of benzene rings is 1. The maximum absolute atomic E-state index is 13.1. The van der Waals surface area contributed by atoms with Gasteiger partial charge in [0.05, 0.1) is 5.69 Å². The number of nitrogens with zero attached hydrogens (tertiary/aromatic N) is 5. The van der Waals surface area contributed by atoms with Gasteiger partial charge in [0.2, 0.25) is 0 Å². The maximum Gasteiger partial charge on any atom is 0.272 e. The van der Waals surface area contributed by atoms with Crippen molar-refractivity contribution in [3.63, 3.8) is 0 Å². The second kappa shape index (κ2) is 7.44. The van der Waals surface area contributed by atoms with Gasteiger partial charge >= 0.3 is 0 Å². The minimum atomic E-state index is -0.199. The molecule has 1 saturated heterocycles. The smallest absolute Gasteiger partial charge is 0.272 e. The Hall–Kier alpha value is -3.41. The van der Waals surface area contributed by atoms with Crippen molar-refractivity contribution in [2.45, 2.75) is 31.7 Å². The number of carbonyl (C=O) groups excluding carboxylic acids is 1. The number of pyridine rings is 1. The lowest BCUT2D eigenvalue weighted by atomic mass is 9.70. The molecule has 4 aromatic rings. The Morgan fingerprint density at radius 1 is 1.03 bits per heavy atom. The summed E-state index contributed by atoms with van der Waals surface area (Å²) >= 11 is 0. The number of likely N-dealkylation sites (tertiary alicyclic amines) is 1. The second-order valence-corrected chi connectivity index (χ2v) is 7.86. The van der Waals surface area contributed by atoms with Gasteiger partial charge in [0.25, 0.3) is 5.91 Å².